The van der Waals surface area contributed by atoms with Gasteiger partial charge in [-0.1, -0.05) is 0 Å². The van der Waals surface area contributed by atoms with Crippen molar-refractivity contribution in [3.63, 3.8) is 0 Å². The Balaban J connectivity index is 2.77. The Morgan fingerprint density at radius 1 is 1.30 bits per heavy atom. The fraction of sp³-hybridized carbons (Fsp3) is 0.250. The minimum absolute atomic E-state index is 0.166. The van der Waals surface area contributed by atoms with Gasteiger partial charge in [0.2, 0.25) is 5.91 Å². The number of carbonyl (C=O) groups excluding carboxylic acids is 2. The van der Waals surface area contributed by atoms with E-state index >= 15 is 0 Å². The van der Waals surface area contributed by atoms with Crippen molar-refractivity contribution in [3.8, 4) is 0 Å². The number of hydrogen-bond acceptors (Lipinski definition) is 3. The maximum Gasteiger partial charge on any atom is 0.335 e. The van der Waals surface area contributed by atoms with Crippen molar-refractivity contribution < 1.29 is 23.9 Å². The van der Waals surface area contributed by atoms with E-state index in [1.807, 2.05) is 0 Å². The van der Waals surface area contributed by atoms with Crippen LogP contribution in [0.1, 0.15) is 17.3 Å². The first kappa shape index (κ1) is 15.4. The summed E-state index contributed by atoms with van der Waals surface area (Å²) in [4.78, 5) is 33.5. The minimum atomic E-state index is -1.24. The summed E-state index contributed by atoms with van der Waals surface area (Å²) in [5.74, 6) is -2.44. The molecule has 1 rings (SSSR count). The highest BCUT2D eigenvalue weighted by Gasteiger charge is 2.15. The molecule has 0 spiro atoms. The zero-order valence-corrected chi connectivity index (χ0v) is 10.9. The molecule has 0 aromatic heterocycles. The second-order valence-corrected chi connectivity index (χ2v) is 3.93. The van der Waals surface area contributed by atoms with Crippen molar-refractivity contribution in [1.82, 2.24) is 10.6 Å². The summed E-state index contributed by atoms with van der Waals surface area (Å²) in [7, 11) is 1.41. The molecule has 0 aliphatic rings. The SMILES string of the molecule is CNC(=O)C(C)NC(=O)Nc1cc(C(=O)O)ccc1F. The van der Waals surface area contributed by atoms with Gasteiger partial charge in [-0.05, 0) is 25.1 Å². The fourth-order valence-corrected chi connectivity index (χ4v) is 1.39. The molecule has 1 atom stereocenters. The number of amides is 3. The lowest BCUT2D eigenvalue weighted by atomic mass is 10.2. The van der Waals surface area contributed by atoms with E-state index in [2.05, 4.69) is 16.0 Å². The number of halogens is 1. The van der Waals surface area contributed by atoms with Gasteiger partial charge in [0.15, 0.2) is 0 Å². The van der Waals surface area contributed by atoms with Gasteiger partial charge in [-0.2, -0.15) is 0 Å². The van der Waals surface area contributed by atoms with Gasteiger partial charge in [0.1, 0.15) is 11.9 Å². The maximum absolute atomic E-state index is 13.4. The van der Waals surface area contributed by atoms with Crippen LogP contribution in [0.4, 0.5) is 14.9 Å². The van der Waals surface area contributed by atoms with Crippen LogP contribution < -0.4 is 16.0 Å². The van der Waals surface area contributed by atoms with Crippen molar-refractivity contribution in [1.29, 1.82) is 0 Å². The maximum atomic E-state index is 13.4. The van der Waals surface area contributed by atoms with E-state index in [1.54, 1.807) is 0 Å². The highest BCUT2D eigenvalue weighted by molar-refractivity contribution is 5.95. The smallest absolute Gasteiger partial charge is 0.335 e. The third-order valence-electron chi connectivity index (χ3n) is 2.45. The van der Waals surface area contributed by atoms with Crippen LogP contribution in [-0.4, -0.2) is 36.1 Å². The Morgan fingerprint density at radius 3 is 2.50 bits per heavy atom. The topological polar surface area (TPSA) is 108 Å². The molecule has 0 aliphatic heterocycles. The van der Waals surface area contributed by atoms with Crippen LogP contribution in [0, 0.1) is 5.82 Å². The molecule has 0 saturated heterocycles. The summed E-state index contributed by atoms with van der Waals surface area (Å²) < 4.78 is 13.4. The van der Waals surface area contributed by atoms with E-state index in [0.29, 0.717) is 0 Å². The molecule has 1 unspecified atom stereocenters. The van der Waals surface area contributed by atoms with Gasteiger partial charge in [0.05, 0.1) is 11.3 Å². The minimum Gasteiger partial charge on any atom is -0.478 e. The summed E-state index contributed by atoms with van der Waals surface area (Å²) in [5, 5.41) is 15.5. The molecule has 0 fully saturated rings. The van der Waals surface area contributed by atoms with Crippen molar-refractivity contribution in [2.75, 3.05) is 12.4 Å². The number of urea groups is 1. The number of aromatic carboxylic acids is 1. The van der Waals surface area contributed by atoms with Crippen molar-refractivity contribution >= 4 is 23.6 Å². The van der Waals surface area contributed by atoms with E-state index in [9.17, 15) is 18.8 Å². The largest absolute Gasteiger partial charge is 0.478 e. The molecule has 4 N–H and O–H groups in total. The summed E-state index contributed by atoms with van der Waals surface area (Å²) in [6.07, 6.45) is 0. The first-order valence-electron chi connectivity index (χ1n) is 5.67. The molecule has 0 heterocycles. The van der Waals surface area contributed by atoms with Crippen LogP contribution >= 0.6 is 0 Å². The molecule has 8 heteroatoms. The zero-order chi connectivity index (χ0) is 15.3. The summed E-state index contributed by atoms with van der Waals surface area (Å²) in [5.41, 5.74) is -0.451. The number of rotatable bonds is 4. The van der Waals surface area contributed by atoms with Crippen molar-refractivity contribution in [2.45, 2.75) is 13.0 Å². The summed E-state index contributed by atoms with van der Waals surface area (Å²) in [6, 6.07) is 1.37. The lowest BCUT2D eigenvalue weighted by molar-refractivity contribution is -0.122. The average molecular weight is 283 g/mol. The molecule has 3 amide bonds. The van der Waals surface area contributed by atoms with Crippen molar-refractivity contribution in [3.05, 3.63) is 29.6 Å². The first-order chi connectivity index (χ1) is 9.35. The van der Waals surface area contributed by atoms with Crippen LogP contribution in [0.25, 0.3) is 0 Å². The van der Waals surface area contributed by atoms with E-state index in [0.717, 1.165) is 18.2 Å². The van der Waals surface area contributed by atoms with Crippen molar-refractivity contribution in [2.24, 2.45) is 0 Å². The molecule has 1 aromatic rings. The Kier molecular flexibility index (Phi) is 5.01. The Morgan fingerprint density at radius 2 is 1.95 bits per heavy atom. The van der Waals surface area contributed by atoms with E-state index in [-0.39, 0.29) is 11.3 Å². The van der Waals surface area contributed by atoms with Crippen LogP contribution in [0.2, 0.25) is 0 Å². The Labute approximate surface area is 114 Å². The predicted octanol–water partition coefficient (Wildman–Crippen LogP) is 0.780. The molecular formula is C12H14FN3O4. The van der Waals surface area contributed by atoms with Gasteiger partial charge in [0, 0.05) is 7.05 Å². The normalized spacial score (nSPS) is 11.3. The molecule has 0 radical (unpaired) electrons. The quantitative estimate of drug-likeness (QED) is 0.655. The highest BCUT2D eigenvalue weighted by atomic mass is 19.1. The van der Waals surface area contributed by atoms with E-state index < -0.39 is 29.8 Å². The van der Waals surface area contributed by atoms with E-state index in [4.69, 9.17) is 5.11 Å². The average Bonchev–Trinajstić information content (AvgIpc) is 2.39. The number of nitrogens with one attached hydrogen (secondary N) is 3. The number of carboxylic acids is 1. The number of likely N-dealkylation sites (N-methyl/N-ethyl adjacent to an activating group) is 1. The summed E-state index contributed by atoms with van der Waals surface area (Å²) >= 11 is 0. The number of hydrogen-bond donors (Lipinski definition) is 4. The molecule has 20 heavy (non-hydrogen) atoms. The lowest BCUT2D eigenvalue weighted by Crippen LogP contribution is -2.45. The van der Waals surface area contributed by atoms with E-state index in [1.165, 1.54) is 14.0 Å². The zero-order valence-electron chi connectivity index (χ0n) is 10.9. The molecular weight excluding hydrogens is 269 g/mol. The van der Waals surface area contributed by atoms with Crippen LogP contribution in [0.5, 0.6) is 0 Å². The first-order valence-corrected chi connectivity index (χ1v) is 5.67. The van der Waals surface area contributed by atoms with Gasteiger partial charge in [-0.15, -0.1) is 0 Å². The summed E-state index contributed by atoms with van der Waals surface area (Å²) in [6.45, 7) is 1.45. The Hall–Kier alpha value is -2.64. The third-order valence-corrected chi connectivity index (χ3v) is 2.45. The van der Waals surface area contributed by atoms with Crippen LogP contribution in [0.3, 0.4) is 0 Å². The molecule has 0 bridgehead atoms. The molecule has 108 valence electrons. The van der Waals surface area contributed by atoms with Crippen LogP contribution in [-0.2, 0) is 4.79 Å². The standard InChI is InChI=1S/C12H14FN3O4/c1-6(10(17)14-2)15-12(20)16-9-5-7(11(18)19)3-4-8(9)13/h3-6H,1-2H3,(H,14,17)(H,18,19)(H2,15,16,20). The van der Waals surface area contributed by atoms with Gasteiger partial charge >= 0.3 is 12.0 Å². The number of benzene rings is 1. The number of carbonyl (C=O) groups is 3. The third kappa shape index (κ3) is 3.94. The molecule has 7 nitrogen and oxygen atoms in total. The van der Waals surface area contributed by atoms with Gasteiger partial charge < -0.3 is 21.1 Å². The second-order valence-electron chi connectivity index (χ2n) is 3.93. The lowest BCUT2D eigenvalue weighted by Gasteiger charge is -2.13. The molecule has 0 saturated carbocycles. The number of carboxylic acid groups (broad SMARTS) is 1. The van der Waals surface area contributed by atoms with Crippen LogP contribution in [0.15, 0.2) is 18.2 Å². The van der Waals surface area contributed by atoms with Gasteiger partial charge in [0.25, 0.3) is 0 Å². The predicted molar refractivity (Wildman–Crippen MR) is 69.0 cm³/mol. The van der Waals surface area contributed by atoms with Gasteiger partial charge in [-0.3, -0.25) is 4.79 Å². The second kappa shape index (κ2) is 6.50. The molecule has 0 aliphatic carbocycles. The van der Waals surface area contributed by atoms with Gasteiger partial charge in [-0.25, -0.2) is 14.0 Å². The monoisotopic (exact) mass is 283 g/mol. The molecule has 1 aromatic carbocycles. The highest BCUT2D eigenvalue weighted by Crippen LogP contribution is 2.16. The number of anilines is 1. The fourth-order valence-electron chi connectivity index (χ4n) is 1.39. The Bertz CT molecular complexity index is 548.